The number of benzene rings is 1. The van der Waals surface area contributed by atoms with E-state index in [1.807, 2.05) is 9.80 Å². The molecule has 148 valence electrons. The molecule has 4 N–H and O–H groups in total. The molecule has 1 aliphatic carbocycles. The van der Waals surface area contributed by atoms with E-state index in [0.29, 0.717) is 42.5 Å². The van der Waals surface area contributed by atoms with Crippen molar-refractivity contribution in [3.8, 4) is 0 Å². The van der Waals surface area contributed by atoms with Gasteiger partial charge < -0.3 is 24.9 Å². The zero-order valence-corrected chi connectivity index (χ0v) is 15.8. The molecular formula is C18H20FN5O3S. The average Bonchev–Trinajstić information content (AvgIpc) is 3.52. The molecule has 2 fully saturated rings. The van der Waals surface area contributed by atoms with Gasteiger partial charge in [-0.15, -0.1) is 0 Å². The van der Waals surface area contributed by atoms with E-state index in [1.54, 1.807) is 10.6 Å². The summed E-state index contributed by atoms with van der Waals surface area (Å²) in [6.07, 6.45) is 3.20. The zero-order valence-electron chi connectivity index (χ0n) is 15.0. The summed E-state index contributed by atoms with van der Waals surface area (Å²) < 4.78 is 16.7. The average molecular weight is 405 g/mol. The molecule has 0 spiro atoms. The van der Waals surface area contributed by atoms with Gasteiger partial charge in [0.05, 0.1) is 11.2 Å². The van der Waals surface area contributed by atoms with Gasteiger partial charge in [0, 0.05) is 43.8 Å². The van der Waals surface area contributed by atoms with E-state index >= 15 is 0 Å². The van der Waals surface area contributed by atoms with E-state index in [-0.39, 0.29) is 17.0 Å². The Hall–Kier alpha value is -2.72. The molecule has 1 saturated carbocycles. The van der Waals surface area contributed by atoms with Crippen LogP contribution in [0.4, 0.5) is 10.1 Å². The summed E-state index contributed by atoms with van der Waals surface area (Å²) >= 11 is 5.13. The Morgan fingerprint density at radius 3 is 2.50 bits per heavy atom. The number of hydrogen-bond acceptors (Lipinski definition) is 5. The van der Waals surface area contributed by atoms with E-state index < -0.39 is 17.2 Å². The van der Waals surface area contributed by atoms with Crippen LogP contribution in [0.25, 0.3) is 10.9 Å². The molecule has 0 bridgehead atoms. The molecule has 2 aromatic rings. The van der Waals surface area contributed by atoms with Crippen LogP contribution in [0.5, 0.6) is 0 Å². The van der Waals surface area contributed by atoms with E-state index in [1.165, 1.54) is 6.20 Å². The molecule has 1 aromatic carbocycles. The lowest BCUT2D eigenvalue weighted by Gasteiger charge is -2.37. The van der Waals surface area contributed by atoms with Gasteiger partial charge >= 0.3 is 5.97 Å². The van der Waals surface area contributed by atoms with Crippen molar-refractivity contribution in [3.63, 3.8) is 0 Å². The fraction of sp³-hybridized carbons (Fsp3) is 0.389. The lowest BCUT2D eigenvalue weighted by molar-refractivity contribution is 0.0695. The summed E-state index contributed by atoms with van der Waals surface area (Å²) in [6, 6.07) is 2.96. The van der Waals surface area contributed by atoms with Crippen molar-refractivity contribution in [2.75, 3.05) is 31.1 Å². The number of carboxylic acid groups (broad SMARTS) is 1. The van der Waals surface area contributed by atoms with Gasteiger partial charge in [0.15, 0.2) is 5.11 Å². The maximum absolute atomic E-state index is 14.9. The number of hydrogen-bond donors (Lipinski definition) is 3. The first-order chi connectivity index (χ1) is 13.4. The van der Waals surface area contributed by atoms with Crippen molar-refractivity contribution in [2.24, 2.45) is 5.84 Å². The van der Waals surface area contributed by atoms with Crippen LogP contribution in [-0.2, 0) is 0 Å². The summed E-state index contributed by atoms with van der Waals surface area (Å²) in [5, 5.41) is 9.87. The van der Waals surface area contributed by atoms with E-state index in [4.69, 9.17) is 18.1 Å². The van der Waals surface area contributed by atoms with Gasteiger partial charge in [-0.25, -0.2) is 15.0 Å². The number of carbonyl (C=O) groups is 1. The molecule has 2 heterocycles. The van der Waals surface area contributed by atoms with Gasteiger partial charge in [-0.1, -0.05) is 0 Å². The number of aromatic carboxylic acids is 1. The largest absolute Gasteiger partial charge is 0.477 e. The van der Waals surface area contributed by atoms with E-state index in [0.717, 1.165) is 18.9 Å². The Bertz CT molecular complexity index is 1030. The van der Waals surface area contributed by atoms with Gasteiger partial charge in [0.25, 0.3) is 0 Å². The lowest BCUT2D eigenvalue weighted by Crippen LogP contribution is -2.53. The second-order valence-corrected chi connectivity index (χ2v) is 7.45. The predicted molar refractivity (Wildman–Crippen MR) is 107 cm³/mol. The van der Waals surface area contributed by atoms with E-state index in [2.05, 4.69) is 5.43 Å². The second kappa shape index (κ2) is 7.02. The van der Waals surface area contributed by atoms with Crippen LogP contribution in [0.15, 0.2) is 23.1 Å². The molecule has 1 aromatic heterocycles. The summed E-state index contributed by atoms with van der Waals surface area (Å²) in [6.45, 7) is 2.28. The molecule has 0 amide bonds. The number of anilines is 1. The van der Waals surface area contributed by atoms with Gasteiger partial charge in [-0.2, -0.15) is 0 Å². The normalized spacial score (nSPS) is 17.1. The number of thiocarbonyl (C=S) groups is 1. The number of aromatic nitrogens is 1. The number of nitrogens with zero attached hydrogens (tertiary/aromatic N) is 3. The maximum Gasteiger partial charge on any atom is 0.341 e. The summed E-state index contributed by atoms with van der Waals surface area (Å²) in [7, 11) is 0. The molecular weight excluding hydrogens is 385 g/mol. The smallest absolute Gasteiger partial charge is 0.341 e. The standard InChI is InChI=1S/C18H20FN5O3S/c19-13-7-11-14(24(10-1-2-10)9-12(16(11)25)17(26)27)8-15(13)22-3-5-23(6-4-22)18(28)21-20/h7-10H,1-6,20H2,(H,21,28)(H,26,27). The third-order valence-corrected chi connectivity index (χ3v) is 5.68. The van der Waals surface area contributed by atoms with Crippen molar-refractivity contribution in [1.29, 1.82) is 0 Å². The number of pyridine rings is 1. The highest BCUT2D eigenvalue weighted by molar-refractivity contribution is 7.80. The number of fused-ring (bicyclic) bond motifs is 1. The molecule has 0 atom stereocenters. The quantitative estimate of drug-likeness (QED) is 0.395. The Morgan fingerprint density at radius 1 is 1.25 bits per heavy atom. The number of halogens is 1. The maximum atomic E-state index is 14.9. The Balaban J connectivity index is 1.75. The third-order valence-electron chi connectivity index (χ3n) is 5.30. The van der Waals surface area contributed by atoms with Crippen LogP contribution in [0.2, 0.25) is 0 Å². The first-order valence-electron chi connectivity index (χ1n) is 9.03. The number of piperazine rings is 1. The monoisotopic (exact) mass is 405 g/mol. The van der Waals surface area contributed by atoms with Crippen LogP contribution in [-0.4, -0.2) is 51.8 Å². The first kappa shape index (κ1) is 18.6. The van der Waals surface area contributed by atoms with Crippen molar-refractivity contribution in [2.45, 2.75) is 18.9 Å². The molecule has 10 heteroatoms. The third kappa shape index (κ3) is 3.18. The first-order valence-corrected chi connectivity index (χ1v) is 9.43. The molecule has 2 aliphatic rings. The number of nitrogens with two attached hydrogens (primary N) is 1. The number of nitrogens with one attached hydrogen (secondary N) is 1. The molecule has 4 rings (SSSR count). The van der Waals surface area contributed by atoms with Gasteiger partial charge in [-0.3, -0.25) is 4.79 Å². The zero-order chi connectivity index (χ0) is 20.0. The minimum atomic E-state index is -1.30. The fourth-order valence-electron chi connectivity index (χ4n) is 3.65. The minimum Gasteiger partial charge on any atom is -0.477 e. The van der Waals surface area contributed by atoms with Crippen LogP contribution < -0.4 is 21.6 Å². The molecule has 0 radical (unpaired) electrons. The minimum absolute atomic E-state index is 0.0974. The Labute approximate surface area is 165 Å². The highest BCUT2D eigenvalue weighted by Crippen LogP contribution is 2.38. The topological polar surface area (TPSA) is 104 Å². The van der Waals surface area contributed by atoms with Crippen molar-refractivity contribution in [3.05, 3.63) is 39.9 Å². The summed E-state index contributed by atoms with van der Waals surface area (Å²) in [4.78, 5) is 27.8. The van der Waals surface area contributed by atoms with Crippen LogP contribution in [0.3, 0.4) is 0 Å². The fourth-order valence-corrected chi connectivity index (χ4v) is 3.83. The molecule has 1 aliphatic heterocycles. The lowest BCUT2D eigenvalue weighted by atomic mass is 10.1. The second-order valence-electron chi connectivity index (χ2n) is 7.06. The van der Waals surface area contributed by atoms with Crippen molar-refractivity contribution < 1.29 is 14.3 Å². The molecule has 0 unspecified atom stereocenters. The van der Waals surface area contributed by atoms with Crippen molar-refractivity contribution >= 4 is 39.9 Å². The van der Waals surface area contributed by atoms with Gasteiger partial charge in [-0.05, 0) is 37.2 Å². The van der Waals surface area contributed by atoms with Gasteiger partial charge in [0.1, 0.15) is 11.4 Å². The van der Waals surface area contributed by atoms with Crippen LogP contribution >= 0.6 is 12.2 Å². The molecule has 28 heavy (non-hydrogen) atoms. The number of rotatable bonds is 3. The van der Waals surface area contributed by atoms with Gasteiger partial charge in [0.2, 0.25) is 5.43 Å². The van der Waals surface area contributed by atoms with Crippen molar-refractivity contribution in [1.82, 2.24) is 14.9 Å². The van der Waals surface area contributed by atoms with E-state index in [9.17, 15) is 19.1 Å². The number of carboxylic acids is 1. The van der Waals surface area contributed by atoms with Crippen LogP contribution in [0.1, 0.15) is 29.2 Å². The molecule has 1 saturated heterocycles. The van der Waals surface area contributed by atoms with Crippen LogP contribution in [0, 0.1) is 5.82 Å². The highest BCUT2D eigenvalue weighted by atomic mass is 32.1. The Kier molecular flexibility index (Phi) is 4.68. The highest BCUT2D eigenvalue weighted by Gasteiger charge is 2.28. The Morgan fingerprint density at radius 2 is 1.93 bits per heavy atom. The SMILES string of the molecule is NNC(=S)N1CCN(c2cc3c(cc2F)c(=O)c(C(=O)O)cn3C2CC2)CC1. The summed E-state index contributed by atoms with van der Waals surface area (Å²) in [5.74, 6) is 3.51. The predicted octanol–water partition coefficient (Wildman–Crippen LogP) is 1.04. The molecule has 8 nitrogen and oxygen atoms in total. The summed E-state index contributed by atoms with van der Waals surface area (Å²) in [5.41, 5.74) is 2.43. The number of hydrazine groups is 1.